The van der Waals surface area contributed by atoms with Crippen LogP contribution < -0.4 is 11.3 Å². The van der Waals surface area contributed by atoms with Crippen LogP contribution in [-0.2, 0) is 0 Å². The Morgan fingerprint density at radius 3 is 2.00 bits per heavy atom. The van der Waals surface area contributed by atoms with E-state index in [1.54, 1.807) is 84.9 Å². The molecule has 0 fully saturated rings. The van der Waals surface area contributed by atoms with Crippen LogP contribution in [0.3, 0.4) is 0 Å². The van der Waals surface area contributed by atoms with E-state index in [1.807, 2.05) is 6.92 Å². The molecule has 0 bridgehead atoms. The molecule has 4 aromatic rings. The van der Waals surface area contributed by atoms with Gasteiger partial charge in [0.15, 0.2) is 5.76 Å². The molecule has 4 rings (SSSR count). The number of carbonyl (C=O) groups is 1. The molecular weight excluding hydrogens is 367 g/mol. The third-order valence-corrected chi connectivity index (χ3v) is 4.61. The molecule has 5 heteroatoms. The highest BCUT2D eigenvalue weighted by Gasteiger charge is 2.25. The summed E-state index contributed by atoms with van der Waals surface area (Å²) >= 11 is 0. The van der Waals surface area contributed by atoms with Crippen molar-refractivity contribution in [1.82, 2.24) is 4.57 Å². The molecule has 1 aromatic heterocycles. The van der Waals surface area contributed by atoms with Crippen molar-refractivity contribution in [2.24, 2.45) is 0 Å². The average molecular weight is 384 g/mol. The van der Waals surface area contributed by atoms with Crippen molar-refractivity contribution in [1.29, 1.82) is 0 Å². The average Bonchev–Trinajstić information content (AvgIpc) is 2.75. The summed E-state index contributed by atoms with van der Waals surface area (Å²) in [6.07, 6.45) is 0. The Morgan fingerprint density at radius 1 is 0.793 bits per heavy atom. The third kappa shape index (κ3) is 3.46. The molecule has 0 aliphatic carbocycles. The van der Waals surface area contributed by atoms with E-state index in [9.17, 15) is 14.4 Å². The molecule has 0 unspecified atom stereocenters. The van der Waals surface area contributed by atoms with E-state index < -0.39 is 17.1 Å². The van der Waals surface area contributed by atoms with E-state index in [0.29, 0.717) is 16.8 Å². The van der Waals surface area contributed by atoms with Gasteiger partial charge in [-0.15, -0.1) is 0 Å². The second kappa shape index (κ2) is 7.56. The largest absolute Gasteiger partial charge is 0.427 e. The summed E-state index contributed by atoms with van der Waals surface area (Å²) in [6.45, 7) is 1.90. The van der Waals surface area contributed by atoms with Gasteiger partial charge in [0.05, 0.1) is 5.69 Å². The van der Waals surface area contributed by atoms with E-state index in [0.717, 1.165) is 10.1 Å². The van der Waals surface area contributed by atoms with Crippen molar-refractivity contribution in [2.45, 2.75) is 6.92 Å². The first-order valence-electron chi connectivity index (χ1n) is 9.08. The van der Waals surface area contributed by atoms with Gasteiger partial charge in [0, 0.05) is 11.1 Å². The van der Waals surface area contributed by atoms with Gasteiger partial charge in [0.1, 0.15) is 5.56 Å². The second-order valence-electron chi connectivity index (χ2n) is 6.61. The van der Waals surface area contributed by atoms with Gasteiger partial charge in [-0.3, -0.25) is 9.59 Å². The monoisotopic (exact) mass is 384 g/mol. The fourth-order valence-corrected chi connectivity index (χ4v) is 3.12. The lowest BCUT2D eigenvalue weighted by molar-refractivity contribution is 0.103. The lowest BCUT2D eigenvalue weighted by atomic mass is 10.0. The third-order valence-electron chi connectivity index (χ3n) is 4.61. The minimum Gasteiger partial charge on any atom is -0.408 e. The lowest BCUT2D eigenvalue weighted by Gasteiger charge is -2.11. The van der Waals surface area contributed by atoms with E-state index >= 15 is 0 Å². The summed E-state index contributed by atoms with van der Waals surface area (Å²) < 4.78 is 6.41. The fraction of sp³-hybridized carbons (Fsp3) is 0.0417. The number of rotatable bonds is 4. The maximum absolute atomic E-state index is 13.4. The molecule has 0 amide bonds. The van der Waals surface area contributed by atoms with Crippen molar-refractivity contribution in [3.63, 3.8) is 0 Å². The summed E-state index contributed by atoms with van der Waals surface area (Å²) in [4.78, 5) is 39.3. The smallest absolute Gasteiger partial charge is 0.408 e. The first kappa shape index (κ1) is 18.4. The molecule has 0 spiro atoms. The van der Waals surface area contributed by atoms with Gasteiger partial charge in [-0.1, -0.05) is 78.4 Å². The van der Waals surface area contributed by atoms with Gasteiger partial charge in [-0.2, -0.15) is 0 Å². The number of hydrogen-bond acceptors (Lipinski definition) is 4. The van der Waals surface area contributed by atoms with E-state index in [4.69, 9.17) is 4.42 Å². The molecule has 142 valence electrons. The van der Waals surface area contributed by atoms with Crippen molar-refractivity contribution in [2.75, 3.05) is 0 Å². The van der Waals surface area contributed by atoms with E-state index in [2.05, 4.69) is 0 Å². The number of hydrogen-bond donors (Lipinski definition) is 0. The highest BCUT2D eigenvalue weighted by atomic mass is 16.4. The van der Waals surface area contributed by atoms with Crippen molar-refractivity contribution in [3.05, 3.63) is 123 Å². The van der Waals surface area contributed by atoms with E-state index in [1.165, 1.54) is 0 Å². The van der Waals surface area contributed by atoms with Crippen molar-refractivity contribution < 1.29 is 9.21 Å². The van der Waals surface area contributed by atoms with Crippen LogP contribution in [0.1, 0.15) is 21.5 Å². The van der Waals surface area contributed by atoms with Crippen LogP contribution in [0.25, 0.3) is 17.0 Å². The number of aromatic nitrogens is 1. The first-order chi connectivity index (χ1) is 14.1. The van der Waals surface area contributed by atoms with Crippen molar-refractivity contribution in [3.8, 4) is 17.0 Å². The number of aryl methyl sites for hydroxylation is 1. The van der Waals surface area contributed by atoms with Crippen LogP contribution in [0, 0.1) is 6.92 Å². The Kier molecular flexibility index (Phi) is 4.79. The number of carbonyl (C=O) groups excluding carboxylic acids is 1. The van der Waals surface area contributed by atoms with Gasteiger partial charge < -0.3 is 4.42 Å². The quantitative estimate of drug-likeness (QED) is 0.499. The number of benzene rings is 3. The minimum atomic E-state index is -0.845. The Hall–Kier alpha value is -3.99. The van der Waals surface area contributed by atoms with Crippen LogP contribution in [0.5, 0.6) is 0 Å². The fourth-order valence-electron chi connectivity index (χ4n) is 3.12. The highest BCUT2D eigenvalue weighted by molar-refractivity contribution is 6.11. The van der Waals surface area contributed by atoms with E-state index in [-0.39, 0.29) is 11.3 Å². The molecule has 0 saturated heterocycles. The van der Waals surface area contributed by atoms with Crippen molar-refractivity contribution >= 4 is 5.78 Å². The van der Waals surface area contributed by atoms with Crippen LogP contribution in [0.4, 0.5) is 0 Å². The van der Waals surface area contributed by atoms with Gasteiger partial charge in [-0.25, -0.2) is 9.36 Å². The summed E-state index contributed by atoms with van der Waals surface area (Å²) in [7, 11) is 0. The molecular formula is C24H17NO4. The summed E-state index contributed by atoms with van der Waals surface area (Å²) in [5.41, 5.74) is 1.26. The zero-order valence-corrected chi connectivity index (χ0v) is 15.7. The Bertz CT molecular complexity index is 1290. The second-order valence-corrected chi connectivity index (χ2v) is 6.61. The SMILES string of the molecule is Cc1ccc(-n2c(=O)oc(-c3ccccc3)c(C(=O)c3ccccc3)[13c]2=O)cc1. The molecule has 1 heterocycles. The molecule has 0 atom stereocenters. The number of ketones is 1. The van der Waals surface area contributed by atoms with Gasteiger partial charge >= 0.3 is 5.76 Å². The lowest BCUT2D eigenvalue weighted by Crippen LogP contribution is -2.35. The Balaban J connectivity index is 2.03. The molecule has 29 heavy (non-hydrogen) atoms. The maximum atomic E-state index is 13.4. The summed E-state index contributed by atoms with van der Waals surface area (Å²) in [5.74, 6) is -1.38. The zero-order valence-electron chi connectivity index (χ0n) is 15.7. The summed E-state index contributed by atoms with van der Waals surface area (Å²) in [6, 6.07) is 24.0. The molecule has 5 nitrogen and oxygen atoms in total. The minimum absolute atomic E-state index is 0.0298. The van der Waals surface area contributed by atoms with Crippen LogP contribution >= 0.6 is 0 Å². The molecule has 3 aromatic carbocycles. The van der Waals surface area contributed by atoms with Crippen LogP contribution in [0.15, 0.2) is 98.9 Å². The van der Waals surface area contributed by atoms with Gasteiger partial charge in [-0.05, 0) is 19.1 Å². The zero-order chi connectivity index (χ0) is 20.4. The molecule has 0 radical (unpaired) electrons. The molecule has 0 aliphatic heterocycles. The normalized spacial score (nSPS) is 10.7. The highest BCUT2D eigenvalue weighted by Crippen LogP contribution is 2.23. The maximum Gasteiger partial charge on any atom is 0.427 e. The Morgan fingerprint density at radius 2 is 1.38 bits per heavy atom. The standard InChI is InChI=1S/C24H17NO4/c1-16-12-14-19(15-13-16)25-23(27)20(21(26)17-8-4-2-5-9-17)22(29-24(25)28)18-10-6-3-7-11-18/h2-15H,1H3/i23+1. The predicted octanol–water partition coefficient (Wildman–Crippen LogP) is 4.00. The molecule has 0 aliphatic rings. The van der Waals surface area contributed by atoms with Gasteiger partial charge in [0.25, 0.3) is 5.56 Å². The first-order valence-corrected chi connectivity index (χ1v) is 9.08. The summed E-state index contributed by atoms with van der Waals surface area (Å²) in [5, 5.41) is 0. The molecule has 0 N–H and O–H groups in total. The van der Waals surface area contributed by atoms with Crippen LogP contribution in [0.2, 0.25) is 0 Å². The topological polar surface area (TPSA) is 69.3 Å². The Labute approximate surface area is 166 Å². The van der Waals surface area contributed by atoms with Gasteiger partial charge in [0.2, 0.25) is 5.78 Å². The molecule has 0 saturated carbocycles. The predicted molar refractivity (Wildman–Crippen MR) is 111 cm³/mol. The number of nitrogens with zero attached hydrogens (tertiary/aromatic N) is 1. The van der Waals surface area contributed by atoms with Crippen LogP contribution in [-0.4, -0.2) is 10.4 Å².